The highest BCUT2D eigenvalue weighted by molar-refractivity contribution is 9.10. The van der Waals surface area contributed by atoms with Crippen LogP contribution >= 0.6 is 15.9 Å². The summed E-state index contributed by atoms with van der Waals surface area (Å²) in [5, 5.41) is 3.08. The van der Waals surface area contributed by atoms with Gasteiger partial charge in [0.05, 0.1) is 17.7 Å². The number of nitrogens with zero attached hydrogens (tertiary/aromatic N) is 2. The number of benzene rings is 3. The fourth-order valence-corrected chi connectivity index (χ4v) is 6.69. The molecule has 0 aromatic heterocycles. The predicted octanol–water partition coefficient (Wildman–Crippen LogP) is 5.44. The molecule has 3 aromatic carbocycles. The number of ether oxygens (including phenoxy) is 1. The molecule has 41 heavy (non-hydrogen) atoms. The monoisotopic (exact) mass is 641 g/mol. The number of carbonyl (C=O) groups excluding carboxylic acids is 2. The molecule has 1 fully saturated rings. The van der Waals surface area contributed by atoms with Crippen molar-refractivity contribution in [2.24, 2.45) is 0 Å². The number of hydrogen-bond acceptors (Lipinski definition) is 5. The maximum Gasteiger partial charge on any atom is 0.264 e. The smallest absolute Gasteiger partial charge is 0.264 e. The molecule has 0 radical (unpaired) electrons. The molecule has 0 spiro atoms. The van der Waals surface area contributed by atoms with E-state index in [9.17, 15) is 18.0 Å². The van der Waals surface area contributed by atoms with Crippen molar-refractivity contribution in [2.45, 2.75) is 63.1 Å². The van der Waals surface area contributed by atoms with Gasteiger partial charge in [0.15, 0.2) is 0 Å². The molecule has 10 heteroatoms. The Balaban J connectivity index is 1.68. The molecule has 0 saturated heterocycles. The van der Waals surface area contributed by atoms with Gasteiger partial charge in [0, 0.05) is 17.1 Å². The molecule has 1 aliphatic rings. The molecule has 3 aromatic rings. The first kappa shape index (κ1) is 30.6. The minimum atomic E-state index is -4.11. The molecule has 2 amide bonds. The van der Waals surface area contributed by atoms with Gasteiger partial charge >= 0.3 is 0 Å². The van der Waals surface area contributed by atoms with E-state index in [2.05, 4.69) is 21.2 Å². The average Bonchev–Trinajstić information content (AvgIpc) is 3.47. The van der Waals surface area contributed by atoms with Crippen LogP contribution in [0.5, 0.6) is 5.75 Å². The SMILES string of the molecule is COc1ccc(CN(C(=O)CN(c2cccc(Br)c2)S(=O)(=O)c2ccc(C)cc2)[C@H](C)C(=O)NC2CCCC2)cc1. The number of carbonyl (C=O) groups is 2. The molecule has 1 aliphatic carbocycles. The summed E-state index contributed by atoms with van der Waals surface area (Å²) < 4.78 is 34.9. The summed E-state index contributed by atoms with van der Waals surface area (Å²) in [5.41, 5.74) is 2.04. The summed E-state index contributed by atoms with van der Waals surface area (Å²) in [6.45, 7) is 3.20. The largest absolute Gasteiger partial charge is 0.497 e. The lowest BCUT2D eigenvalue weighted by molar-refractivity contribution is -0.139. The van der Waals surface area contributed by atoms with E-state index in [4.69, 9.17) is 4.74 Å². The second kappa shape index (κ2) is 13.5. The topological polar surface area (TPSA) is 96.0 Å². The van der Waals surface area contributed by atoms with Gasteiger partial charge in [-0.05, 0) is 74.7 Å². The van der Waals surface area contributed by atoms with E-state index < -0.39 is 28.5 Å². The Hall–Kier alpha value is -3.37. The zero-order chi connectivity index (χ0) is 29.6. The summed E-state index contributed by atoms with van der Waals surface area (Å²) in [7, 11) is -2.54. The second-order valence-corrected chi connectivity index (χ2v) is 13.1. The Bertz CT molecular complexity index is 1460. The zero-order valence-corrected chi connectivity index (χ0v) is 25.9. The number of aryl methyl sites for hydroxylation is 1. The average molecular weight is 643 g/mol. The van der Waals surface area contributed by atoms with Crippen LogP contribution in [0.2, 0.25) is 0 Å². The Labute approximate surface area is 250 Å². The fourth-order valence-electron chi connectivity index (χ4n) is 4.90. The van der Waals surface area contributed by atoms with Crippen molar-refractivity contribution in [1.82, 2.24) is 10.2 Å². The lowest BCUT2D eigenvalue weighted by Crippen LogP contribution is -2.52. The molecule has 1 atom stereocenters. The van der Waals surface area contributed by atoms with Gasteiger partial charge in [-0.25, -0.2) is 8.42 Å². The minimum Gasteiger partial charge on any atom is -0.497 e. The van der Waals surface area contributed by atoms with E-state index in [0.717, 1.165) is 41.1 Å². The maximum absolute atomic E-state index is 14.1. The first-order valence-corrected chi connectivity index (χ1v) is 15.9. The van der Waals surface area contributed by atoms with Crippen molar-refractivity contribution in [3.63, 3.8) is 0 Å². The molecule has 8 nitrogen and oxygen atoms in total. The van der Waals surface area contributed by atoms with Crippen molar-refractivity contribution in [2.75, 3.05) is 18.0 Å². The van der Waals surface area contributed by atoms with Crippen molar-refractivity contribution >= 4 is 43.5 Å². The molecule has 1 N–H and O–H groups in total. The number of sulfonamides is 1. The van der Waals surface area contributed by atoms with Crippen LogP contribution in [0.4, 0.5) is 5.69 Å². The quantitative estimate of drug-likeness (QED) is 0.301. The fraction of sp³-hybridized carbons (Fsp3) is 0.355. The van der Waals surface area contributed by atoms with Crippen LogP contribution in [0.1, 0.15) is 43.7 Å². The molecular weight excluding hydrogens is 606 g/mol. The number of anilines is 1. The summed E-state index contributed by atoms with van der Waals surface area (Å²) in [6, 6.07) is 19.8. The molecule has 0 unspecified atom stereocenters. The van der Waals surface area contributed by atoms with Crippen LogP contribution in [0.3, 0.4) is 0 Å². The van der Waals surface area contributed by atoms with Crippen molar-refractivity contribution < 1.29 is 22.7 Å². The van der Waals surface area contributed by atoms with E-state index in [1.807, 2.05) is 19.1 Å². The van der Waals surface area contributed by atoms with Gasteiger partial charge in [-0.1, -0.05) is 64.7 Å². The number of methoxy groups -OCH3 is 1. The van der Waals surface area contributed by atoms with Gasteiger partial charge in [0.1, 0.15) is 18.3 Å². The summed E-state index contributed by atoms with van der Waals surface area (Å²) in [6.07, 6.45) is 3.95. The highest BCUT2D eigenvalue weighted by atomic mass is 79.9. The molecule has 1 saturated carbocycles. The Morgan fingerprint density at radius 3 is 2.29 bits per heavy atom. The van der Waals surface area contributed by atoms with E-state index >= 15 is 0 Å². The van der Waals surface area contributed by atoms with Crippen molar-refractivity contribution in [3.8, 4) is 5.75 Å². The van der Waals surface area contributed by atoms with Crippen LogP contribution in [0.25, 0.3) is 0 Å². The number of rotatable bonds is 11. The third kappa shape index (κ3) is 7.68. The maximum atomic E-state index is 14.1. The third-order valence-corrected chi connectivity index (χ3v) is 9.65. The number of halogens is 1. The van der Waals surface area contributed by atoms with Gasteiger partial charge in [-0.15, -0.1) is 0 Å². The summed E-state index contributed by atoms with van der Waals surface area (Å²) in [5.74, 6) is -0.0802. The normalized spacial score (nSPS) is 14.3. The van der Waals surface area contributed by atoms with Crippen LogP contribution in [-0.4, -0.2) is 50.9 Å². The zero-order valence-electron chi connectivity index (χ0n) is 23.5. The van der Waals surface area contributed by atoms with Gasteiger partial charge < -0.3 is 15.0 Å². The van der Waals surface area contributed by atoms with E-state index in [0.29, 0.717) is 15.9 Å². The first-order valence-electron chi connectivity index (χ1n) is 13.7. The summed E-state index contributed by atoms with van der Waals surface area (Å²) in [4.78, 5) is 28.9. The number of hydrogen-bond donors (Lipinski definition) is 1. The third-order valence-electron chi connectivity index (χ3n) is 7.36. The highest BCUT2D eigenvalue weighted by Gasteiger charge is 2.33. The minimum absolute atomic E-state index is 0.0737. The van der Waals surface area contributed by atoms with E-state index in [1.165, 1.54) is 17.0 Å². The molecule has 0 aliphatic heterocycles. The van der Waals surface area contributed by atoms with Crippen molar-refractivity contribution in [1.29, 1.82) is 0 Å². The first-order chi connectivity index (χ1) is 19.6. The van der Waals surface area contributed by atoms with Gasteiger partial charge in [-0.2, -0.15) is 0 Å². The van der Waals surface area contributed by atoms with Crippen LogP contribution < -0.4 is 14.4 Å². The molecule has 0 heterocycles. The van der Waals surface area contributed by atoms with Gasteiger partial charge in [0.2, 0.25) is 11.8 Å². The Morgan fingerprint density at radius 2 is 1.68 bits per heavy atom. The van der Waals surface area contributed by atoms with E-state index in [1.54, 1.807) is 62.6 Å². The lowest BCUT2D eigenvalue weighted by atomic mass is 10.1. The molecule has 4 rings (SSSR count). The Morgan fingerprint density at radius 1 is 1.02 bits per heavy atom. The summed E-state index contributed by atoms with van der Waals surface area (Å²) >= 11 is 3.42. The lowest BCUT2D eigenvalue weighted by Gasteiger charge is -2.32. The number of nitrogens with one attached hydrogen (secondary N) is 1. The van der Waals surface area contributed by atoms with Crippen molar-refractivity contribution in [3.05, 3.63) is 88.4 Å². The van der Waals surface area contributed by atoms with Crippen LogP contribution in [0.15, 0.2) is 82.2 Å². The van der Waals surface area contributed by atoms with E-state index in [-0.39, 0.29) is 23.4 Å². The number of amides is 2. The van der Waals surface area contributed by atoms with Gasteiger partial charge in [-0.3, -0.25) is 13.9 Å². The molecule has 218 valence electrons. The molecule has 0 bridgehead atoms. The highest BCUT2D eigenvalue weighted by Crippen LogP contribution is 2.27. The Kier molecular flexibility index (Phi) is 10.1. The molecular formula is C31H36BrN3O5S. The second-order valence-electron chi connectivity index (χ2n) is 10.3. The standard InChI is InChI=1S/C31H36BrN3O5S/c1-22-11-17-29(18-12-22)41(38,39)35(27-10-6-7-25(32)19-27)21-30(36)34(20-24-13-15-28(40-3)16-14-24)23(2)31(37)33-26-8-4-5-9-26/h6-7,10-19,23,26H,4-5,8-9,20-21H2,1-3H3,(H,33,37)/t23-/m1/s1. The van der Waals surface area contributed by atoms with Gasteiger partial charge in [0.25, 0.3) is 10.0 Å². The van der Waals surface area contributed by atoms with Crippen LogP contribution in [0, 0.1) is 6.92 Å². The van der Waals surface area contributed by atoms with Crippen LogP contribution in [-0.2, 0) is 26.2 Å². The predicted molar refractivity (Wildman–Crippen MR) is 163 cm³/mol.